The van der Waals surface area contributed by atoms with Crippen LogP contribution in [-0.2, 0) is 0 Å². The Labute approximate surface area is 76.5 Å². The predicted molar refractivity (Wildman–Crippen MR) is 47.3 cm³/mol. The van der Waals surface area contributed by atoms with Gasteiger partial charge in [0.2, 0.25) is 0 Å². The highest BCUT2D eigenvalue weighted by atomic mass is 16.3. The molecular weight excluding hydrogens is 168 g/mol. The monoisotopic (exact) mass is 179 g/mol. The summed E-state index contributed by atoms with van der Waals surface area (Å²) in [5, 5.41) is 18.6. The maximum absolute atomic E-state index is 9.30. The summed E-state index contributed by atoms with van der Waals surface area (Å²) < 4.78 is 0. The second kappa shape index (κ2) is 3.32. The van der Waals surface area contributed by atoms with Gasteiger partial charge in [0.25, 0.3) is 0 Å². The van der Waals surface area contributed by atoms with Crippen LogP contribution >= 0.6 is 0 Å². The van der Waals surface area contributed by atoms with Crippen molar-refractivity contribution in [1.82, 2.24) is 4.98 Å². The zero-order chi connectivity index (χ0) is 9.26. The Morgan fingerprint density at radius 2 is 2.08 bits per heavy atom. The van der Waals surface area contributed by atoms with Crippen molar-refractivity contribution in [3.63, 3.8) is 0 Å². The van der Waals surface area contributed by atoms with Gasteiger partial charge in [-0.1, -0.05) is 0 Å². The SMILES string of the molecule is O[C@@H]1CN(c2cc[c]cn2)C[C@H]1O. The van der Waals surface area contributed by atoms with Gasteiger partial charge in [0, 0.05) is 25.4 Å². The first kappa shape index (κ1) is 8.47. The van der Waals surface area contributed by atoms with Gasteiger partial charge in [-0.3, -0.25) is 0 Å². The molecule has 0 spiro atoms. The second-order valence-corrected chi connectivity index (χ2v) is 3.16. The van der Waals surface area contributed by atoms with Crippen molar-refractivity contribution in [2.75, 3.05) is 18.0 Å². The van der Waals surface area contributed by atoms with Crippen LogP contribution in [0.5, 0.6) is 0 Å². The maximum Gasteiger partial charge on any atom is 0.128 e. The Morgan fingerprint density at radius 3 is 2.62 bits per heavy atom. The molecule has 1 aromatic heterocycles. The van der Waals surface area contributed by atoms with Crippen LogP contribution in [0.4, 0.5) is 5.82 Å². The molecule has 1 aliphatic heterocycles. The Kier molecular flexibility index (Phi) is 2.16. The molecule has 2 N–H and O–H groups in total. The van der Waals surface area contributed by atoms with Crippen molar-refractivity contribution in [2.45, 2.75) is 12.2 Å². The molecule has 0 saturated carbocycles. The first-order chi connectivity index (χ1) is 6.27. The fourth-order valence-corrected chi connectivity index (χ4v) is 1.46. The Balaban J connectivity index is 2.12. The van der Waals surface area contributed by atoms with E-state index in [-0.39, 0.29) is 0 Å². The molecule has 1 fully saturated rings. The zero-order valence-electron chi connectivity index (χ0n) is 7.09. The Hall–Kier alpha value is -1.13. The maximum atomic E-state index is 9.30. The van der Waals surface area contributed by atoms with E-state index in [9.17, 15) is 10.2 Å². The van der Waals surface area contributed by atoms with Crippen molar-refractivity contribution in [3.05, 3.63) is 24.4 Å². The molecule has 2 rings (SSSR count). The molecule has 0 aliphatic carbocycles. The minimum absolute atomic E-state index is 0.443. The van der Waals surface area contributed by atoms with E-state index in [1.54, 1.807) is 12.3 Å². The lowest BCUT2D eigenvalue weighted by Gasteiger charge is -2.15. The van der Waals surface area contributed by atoms with Gasteiger partial charge >= 0.3 is 0 Å². The first-order valence-electron chi connectivity index (χ1n) is 4.20. The third-order valence-corrected chi connectivity index (χ3v) is 2.18. The number of hydrogen-bond donors (Lipinski definition) is 2. The largest absolute Gasteiger partial charge is 0.389 e. The number of aromatic nitrogens is 1. The van der Waals surface area contributed by atoms with Crippen LogP contribution in [0.3, 0.4) is 0 Å². The molecule has 2 atom stereocenters. The molecule has 4 nitrogen and oxygen atoms in total. The summed E-state index contributed by atoms with van der Waals surface area (Å²) in [5.74, 6) is 0.773. The average Bonchev–Trinajstić information content (AvgIpc) is 2.49. The van der Waals surface area contributed by atoms with E-state index >= 15 is 0 Å². The minimum atomic E-state index is -0.661. The van der Waals surface area contributed by atoms with E-state index < -0.39 is 12.2 Å². The lowest BCUT2D eigenvalue weighted by molar-refractivity contribution is 0.0572. The van der Waals surface area contributed by atoms with E-state index in [0.717, 1.165) is 5.82 Å². The number of aliphatic hydroxyl groups excluding tert-OH is 2. The molecule has 0 unspecified atom stereocenters. The van der Waals surface area contributed by atoms with Gasteiger partial charge in [0.15, 0.2) is 0 Å². The third kappa shape index (κ3) is 1.64. The van der Waals surface area contributed by atoms with Crippen LogP contribution in [0.25, 0.3) is 0 Å². The fourth-order valence-electron chi connectivity index (χ4n) is 1.46. The number of anilines is 1. The van der Waals surface area contributed by atoms with Crippen molar-refractivity contribution < 1.29 is 10.2 Å². The molecule has 1 saturated heterocycles. The van der Waals surface area contributed by atoms with E-state index in [2.05, 4.69) is 11.1 Å². The van der Waals surface area contributed by atoms with Gasteiger partial charge in [-0.25, -0.2) is 4.98 Å². The summed E-state index contributed by atoms with van der Waals surface area (Å²) in [6.45, 7) is 0.885. The Morgan fingerprint density at radius 1 is 1.38 bits per heavy atom. The van der Waals surface area contributed by atoms with Gasteiger partial charge in [-0.2, -0.15) is 0 Å². The number of rotatable bonds is 1. The lowest BCUT2D eigenvalue weighted by Crippen LogP contribution is -2.22. The fraction of sp³-hybridized carbons (Fsp3) is 0.444. The number of hydrogen-bond acceptors (Lipinski definition) is 4. The molecule has 0 aromatic carbocycles. The van der Waals surface area contributed by atoms with Crippen molar-refractivity contribution >= 4 is 5.82 Å². The predicted octanol–water partition coefficient (Wildman–Crippen LogP) is -0.576. The molecule has 0 bridgehead atoms. The van der Waals surface area contributed by atoms with E-state index in [1.807, 2.05) is 11.0 Å². The highest BCUT2D eigenvalue weighted by Gasteiger charge is 2.29. The molecule has 4 heteroatoms. The minimum Gasteiger partial charge on any atom is -0.389 e. The van der Waals surface area contributed by atoms with Crippen LogP contribution in [0, 0.1) is 6.07 Å². The smallest absolute Gasteiger partial charge is 0.128 e. The highest BCUT2D eigenvalue weighted by Crippen LogP contribution is 2.17. The first-order valence-corrected chi connectivity index (χ1v) is 4.20. The normalized spacial score (nSPS) is 28.0. The zero-order valence-corrected chi connectivity index (χ0v) is 7.09. The van der Waals surface area contributed by atoms with Gasteiger partial charge in [0.05, 0.1) is 12.2 Å². The van der Waals surface area contributed by atoms with E-state index in [1.165, 1.54) is 0 Å². The highest BCUT2D eigenvalue weighted by molar-refractivity contribution is 5.39. The molecule has 1 radical (unpaired) electrons. The van der Waals surface area contributed by atoms with Gasteiger partial charge in [0.1, 0.15) is 5.82 Å². The van der Waals surface area contributed by atoms with Crippen molar-refractivity contribution in [2.24, 2.45) is 0 Å². The Bertz CT molecular complexity index is 268. The molecule has 1 aliphatic rings. The summed E-state index contributed by atoms with van der Waals surface area (Å²) in [6.07, 6.45) is 0.254. The van der Waals surface area contributed by atoms with Crippen LogP contribution in [0.2, 0.25) is 0 Å². The molecule has 1 aromatic rings. The molecule has 0 amide bonds. The van der Waals surface area contributed by atoms with Crippen molar-refractivity contribution in [3.8, 4) is 0 Å². The van der Waals surface area contributed by atoms with E-state index in [0.29, 0.717) is 13.1 Å². The lowest BCUT2D eigenvalue weighted by atomic mass is 10.3. The summed E-state index contributed by atoms with van der Waals surface area (Å²) in [6, 6.07) is 6.39. The van der Waals surface area contributed by atoms with Crippen LogP contribution in [-0.4, -0.2) is 40.5 Å². The molecule has 69 valence electrons. The molecule has 2 heterocycles. The summed E-state index contributed by atoms with van der Waals surface area (Å²) in [7, 11) is 0. The van der Waals surface area contributed by atoms with Crippen LogP contribution in [0.1, 0.15) is 0 Å². The summed E-state index contributed by atoms with van der Waals surface area (Å²) in [5.41, 5.74) is 0. The van der Waals surface area contributed by atoms with Gasteiger partial charge in [-0.15, -0.1) is 0 Å². The number of pyridine rings is 1. The quantitative estimate of drug-likeness (QED) is 0.606. The topological polar surface area (TPSA) is 56.6 Å². The van der Waals surface area contributed by atoms with Crippen LogP contribution in [0.15, 0.2) is 18.3 Å². The van der Waals surface area contributed by atoms with Crippen LogP contribution < -0.4 is 4.90 Å². The molecule has 13 heavy (non-hydrogen) atoms. The van der Waals surface area contributed by atoms with E-state index in [4.69, 9.17) is 0 Å². The number of nitrogens with zero attached hydrogens (tertiary/aromatic N) is 2. The number of aliphatic hydroxyl groups is 2. The van der Waals surface area contributed by atoms with Gasteiger partial charge < -0.3 is 15.1 Å². The number of β-amino-alcohol motifs (C(OH)–C–C–N with tert-alkyl or cyclic N) is 2. The third-order valence-electron chi connectivity index (χ3n) is 2.18. The van der Waals surface area contributed by atoms with Gasteiger partial charge in [-0.05, 0) is 12.1 Å². The molecular formula is C9H11N2O2. The second-order valence-electron chi connectivity index (χ2n) is 3.16. The van der Waals surface area contributed by atoms with Crippen molar-refractivity contribution in [1.29, 1.82) is 0 Å². The standard InChI is InChI=1S/C9H11N2O2/c12-7-5-11(6-8(7)13)9-3-1-2-4-10-9/h1,3-4,7-8,12-13H,5-6H2/t7-,8-/m1/s1. The average molecular weight is 179 g/mol. The summed E-state index contributed by atoms with van der Waals surface area (Å²) in [4.78, 5) is 5.93. The summed E-state index contributed by atoms with van der Waals surface area (Å²) >= 11 is 0.